The Morgan fingerprint density at radius 1 is 1.11 bits per heavy atom. The number of amides is 1. The van der Waals surface area contributed by atoms with Crippen molar-refractivity contribution in [1.82, 2.24) is 0 Å². The number of aryl methyl sites for hydroxylation is 1. The fourth-order valence-corrected chi connectivity index (χ4v) is 3.10. The van der Waals surface area contributed by atoms with Crippen molar-refractivity contribution >= 4 is 27.3 Å². The van der Waals surface area contributed by atoms with Gasteiger partial charge in [0.25, 0.3) is 0 Å². The Hall–Kier alpha value is -2.74. The second-order valence-corrected chi connectivity index (χ2v) is 7.63. The van der Waals surface area contributed by atoms with E-state index in [1.165, 1.54) is 13.2 Å². The molecule has 8 heteroatoms. The highest BCUT2D eigenvalue weighted by Gasteiger charge is 2.11. The number of para-hydroxylation sites is 1. The van der Waals surface area contributed by atoms with Crippen molar-refractivity contribution in [1.29, 1.82) is 0 Å². The second-order valence-electron chi connectivity index (χ2n) is 5.88. The van der Waals surface area contributed by atoms with Crippen LogP contribution in [0.1, 0.15) is 18.9 Å². The minimum atomic E-state index is -3.47. The third-order valence-corrected chi connectivity index (χ3v) is 4.26. The van der Waals surface area contributed by atoms with Gasteiger partial charge in [0.1, 0.15) is 11.5 Å². The maximum Gasteiger partial charge on any atom is 0.229 e. The van der Waals surface area contributed by atoms with Crippen molar-refractivity contribution < 1.29 is 22.7 Å². The first-order chi connectivity index (χ1) is 12.8. The van der Waals surface area contributed by atoms with Crippen LogP contribution in [-0.4, -0.2) is 34.3 Å². The highest BCUT2D eigenvalue weighted by atomic mass is 32.2. The van der Waals surface area contributed by atoms with Gasteiger partial charge in [-0.15, -0.1) is 0 Å². The normalized spacial score (nSPS) is 10.9. The first-order valence-electron chi connectivity index (χ1n) is 8.48. The molecule has 0 unspecified atom stereocenters. The zero-order chi connectivity index (χ0) is 19.9. The lowest BCUT2D eigenvalue weighted by Gasteiger charge is -2.13. The average molecular weight is 392 g/mol. The first-order valence-corrected chi connectivity index (χ1v) is 10.4. The molecule has 0 aliphatic rings. The quantitative estimate of drug-likeness (QED) is 0.684. The average Bonchev–Trinajstić information content (AvgIpc) is 2.60. The minimum Gasteiger partial charge on any atom is -0.495 e. The third-order valence-electron chi connectivity index (χ3n) is 3.67. The van der Waals surface area contributed by atoms with Crippen molar-refractivity contribution in [2.75, 3.05) is 30.0 Å². The third kappa shape index (κ3) is 6.49. The van der Waals surface area contributed by atoms with Crippen LogP contribution >= 0.6 is 0 Å². The number of hydrogen-bond acceptors (Lipinski definition) is 5. The summed E-state index contributed by atoms with van der Waals surface area (Å²) in [5.74, 6) is 0.956. The molecule has 0 aromatic heterocycles. The lowest BCUT2D eigenvalue weighted by Crippen LogP contribution is -2.14. The fourth-order valence-electron chi connectivity index (χ4n) is 2.54. The zero-order valence-electron chi connectivity index (χ0n) is 15.6. The van der Waals surface area contributed by atoms with Crippen LogP contribution in [0.3, 0.4) is 0 Å². The van der Waals surface area contributed by atoms with Crippen LogP contribution in [0.15, 0.2) is 42.5 Å². The van der Waals surface area contributed by atoms with Gasteiger partial charge in [0.2, 0.25) is 15.9 Å². The lowest BCUT2D eigenvalue weighted by atomic mass is 10.1. The van der Waals surface area contributed by atoms with Gasteiger partial charge in [0.15, 0.2) is 0 Å². The molecule has 0 aliphatic carbocycles. The van der Waals surface area contributed by atoms with E-state index in [0.29, 0.717) is 24.5 Å². The lowest BCUT2D eigenvalue weighted by molar-refractivity contribution is -0.116. The number of carbonyl (C=O) groups is 1. The van der Waals surface area contributed by atoms with E-state index in [2.05, 4.69) is 10.0 Å². The Bertz CT molecular complexity index is 897. The first kappa shape index (κ1) is 20.6. The summed E-state index contributed by atoms with van der Waals surface area (Å²) < 4.78 is 36.0. The number of anilines is 2. The topological polar surface area (TPSA) is 93.7 Å². The predicted molar refractivity (Wildman–Crippen MR) is 106 cm³/mol. The van der Waals surface area contributed by atoms with Gasteiger partial charge >= 0.3 is 0 Å². The molecule has 2 aromatic carbocycles. The van der Waals surface area contributed by atoms with Crippen LogP contribution in [0.5, 0.6) is 11.5 Å². The Morgan fingerprint density at radius 3 is 2.52 bits per heavy atom. The molecule has 2 aromatic rings. The fraction of sp³-hybridized carbons (Fsp3) is 0.316. The number of carbonyl (C=O) groups excluding carboxylic acids is 1. The van der Waals surface area contributed by atoms with Gasteiger partial charge in [-0.25, -0.2) is 8.42 Å². The molecule has 2 rings (SSSR count). The molecule has 0 aliphatic heterocycles. The molecular formula is C19H24N2O5S. The molecule has 2 N–H and O–H groups in total. The molecule has 0 saturated carbocycles. The summed E-state index contributed by atoms with van der Waals surface area (Å²) in [6.45, 7) is 2.47. The Labute approximate surface area is 159 Å². The van der Waals surface area contributed by atoms with Crippen molar-refractivity contribution in [2.45, 2.75) is 19.8 Å². The van der Waals surface area contributed by atoms with Gasteiger partial charge in [-0.1, -0.05) is 18.2 Å². The minimum absolute atomic E-state index is 0.184. The van der Waals surface area contributed by atoms with Crippen molar-refractivity contribution in [3.63, 3.8) is 0 Å². The van der Waals surface area contributed by atoms with Crippen LogP contribution in [-0.2, 0) is 21.2 Å². The summed E-state index contributed by atoms with van der Waals surface area (Å²) in [6, 6.07) is 12.4. The van der Waals surface area contributed by atoms with E-state index >= 15 is 0 Å². The molecule has 0 heterocycles. The van der Waals surface area contributed by atoms with Crippen molar-refractivity contribution in [2.24, 2.45) is 0 Å². The van der Waals surface area contributed by atoms with Crippen LogP contribution in [0, 0.1) is 0 Å². The SMILES string of the molecule is CCOc1ccccc1CCC(=O)Nc1ccc(OC)c(NS(C)(=O)=O)c1. The summed E-state index contributed by atoms with van der Waals surface area (Å²) >= 11 is 0. The second kappa shape index (κ2) is 9.27. The number of sulfonamides is 1. The van der Waals surface area contributed by atoms with Gasteiger partial charge in [0, 0.05) is 12.1 Å². The Balaban J connectivity index is 2.04. The van der Waals surface area contributed by atoms with Crippen LogP contribution in [0.4, 0.5) is 11.4 Å². The number of nitrogens with one attached hydrogen (secondary N) is 2. The van der Waals surface area contributed by atoms with Crippen molar-refractivity contribution in [3.8, 4) is 11.5 Å². The molecule has 1 amide bonds. The van der Waals surface area contributed by atoms with Gasteiger partial charge in [-0.2, -0.15) is 0 Å². The molecule has 0 atom stereocenters. The Morgan fingerprint density at radius 2 is 1.85 bits per heavy atom. The number of methoxy groups -OCH3 is 1. The van der Waals surface area contributed by atoms with Crippen LogP contribution in [0.25, 0.3) is 0 Å². The molecule has 0 radical (unpaired) electrons. The number of hydrogen-bond donors (Lipinski definition) is 2. The van der Waals surface area contributed by atoms with E-state index in [4.69, 9.17) is 9.47 Å². The predicted octanol–water partition coefficient (Wildman–Crippen LogP) is 3.04. The van der Waals surface area contributed by atoms with E-state index in [1.54, 1.807) is 12.1 Å². The number of rotatable bonds is 9. The van der Waals surface area contributed by atoms with Gasteiger partial charge < -0.3 is 14.8 Å². The summed E-state index contributed by atoms with van der Waals surface area (Å²) in [6.07, 6.45) is 1.85. The monoisotopic (exact) mass is 392 g/mol. The summed E-state index contributed by atoms with van der Waals surface area (Å²) in [5, 5.41) is 2.77. The molecule has 0 saturated heterocycles. The highest BCUT2D eigenvalue weighted by Crippen LogP contribution is 2.28. The standard InChI is InChI=1S/C19H24N2O5S/c1-4-26-17-8-6-5-7-14(17)9-12-19(22)20-15-10-11-18(25-2)16(13-15)21-27(3,23)24/h5-8,10-11,13,21H,4,9,12H2,1-3H3,(H,20,22). The van der Waals surface area contributed by atoms with E-state index < -0.39 is 10.0 Å². The van der Waals surface area contributed by atoms with Crippen LogP contribution in [0.2, 0.25) is 0 Å². The Kier molecular flexibility index (Phi) is 7.06. The molecule has 0 spiro atoms. The maximum atomic E-state index is 12.3. The van der Waals surface area contributed by atoms with E-state index in [-0.39, 0.29) is 18.0 Å². The molecule has 27 heavy (non-hydrogen) atoms. The van der Waals surface area contributed by atoms with E-state index in [9.17, 15) is 13.2 Å². The summed E-state index contributed by atoms with van der Waals surface area (Å²) in [4.78, 5) is 12.3. The molecule has 0 fully saturated rings. The highest BCUT2D eigenvalue weighted by molar-refractivity contribution is 7.92. The largest absolute Gasteiger partial charge is 0.495 e. The maximum absolute atomic E-state index is 12.3. The molecule has 0 bridgehead atoms. The molecular weight excluding hydrogens is 368 g/mol. The van der Waals surface area contributed by atoms with Gasteiger partial charge in [-0.3, -0.25) is 9.52 Å². The smallest absolute Gasteiger partial charge is 0.229 e. The van der Waals surface area contributed by atoms with E-state index in [1.807, 2.05) is 31.2 Å². The summed E-state index contributed by atoms with van der Waals surface area (Å²) in [5.41, 5.74) is 1.70. The number of benzene rings is 2. The van der Waals surface area contributed by atoms with Gasteiger partial charge in [0.05, 0.1) is 25.7 Å². The van der Waals surface area contributed by atoms with Crippen molar-refractivity contribution in [3.05, 3.63) is 48.0 Å². The van der Waals surface area contributed by atoms with Crippen LogP contribution < -0.4 is 19.5 Å². The van der Waals surface area contributed by atoms with E-state index in [0.717, 1.165) is 17.6 Å². The summed E-state index contributed by atoms with van der Waals surface area (Å²) in [7, 11) is -2.03. The molecule has 7 nitrogen and oxygen atoms in total. The van der Waals surface area contributed by atoms with Gasteiger partial charge in [-0.05, 0) is 43.2 Å². The molecule has 146 valence electrons. The number of ether oxygens (including phenoxy) is 2. The zero-order valence-corrected chi connectivity index (χ0v) is 16.4.